The lowest BCUT2D eigenvalue weighted by Gasteiger charge is -2.26. The maximum atomic E-state index is 12.3. The number of H-pyrrole nitrogens is 1. The molecule has 0 aliphatic heterocycles. The predicted octanol–water partition coefficient (Wildman–Crippen LogP) is 6.31. The van der Waals surface area contributed by atoms with Crippen molar-refractivity contribution < 1.29 is 9.53 Å². The van der Waals surface area contributed by atoms with E-state index in [1.807, 2.05) is 72.9 Å². The average molecular weight is 575 g/mol. The lowest BCUT2D eigenvalue weighted by molar-refractivity contribution is -0.120. The monoisotopic (exact) mass is 574 g/mol. The number of pyridine rings is 1. The Kier molecular flexibility index (Phi) is 11.2. The van der Waals surface area contributed by atoms with E-state index in [0.717, 1.165) is 22.4 Å². The summed E-state index contributed by atoms with van der Waals surface area (Å²) in [7, 11) is 1.62. The Labute approximate surface area is 252 Å². The molecule has 0 saturated carbocycles. The van der Waals surface area contributed by atoms with E-state index in [9.17, 15) is 4.79 Å². The molecule has 1 amide bonds. The second-order valence-corrected chi connectivity index (χ2v) is 10.1. The van der Waals surface area contributed by atoms with E-state index in [1.165, 1.54) is 16.5 Å². The first-order chi connectivity index (χ1) is 20.9. The zero-order valence-electron chi connectivity index (χ0n) is 24.6. The summed E-state index contributed by atoms with van der Waals surface area (Å²) in [5.74, 6) is 1.07. The van der Waals surface area contributed by atoms with Gasteiger partial charge in [-0.25, -0.2) is 0 Å². The van der Waals surface area contributed by atoms with E-state index in [-0.39, 0.29) is 24.7 Å². The van der Waals surface area contributed by atoms with Gasteiger partial charge in [0.25, 0.3) is 0 Å². The Bertz CT molecular complexity index is 1620. The van der Waals surface area contributed by atoms with Crippen LogP contribution in [0, 0.1) is 17.7 Å². The highest BCUT2D eigenvalue weighted by atomic mass is 16.5. The smallest absolute Gasteiger partial charge is 0.224 e. The minimum Gasteiger partial charge on any atom is -0.497 e. The largest absolute Gasteiger partial charge is 0.497 e. The van der Waals surface area contributed by atoms with Crippen LogP contribution in [0.3, 0.4) is 0 Å². The number of aromatic nitrogens is 2. The van der Waals surface area contributed by atoms with Gasteiger partial charge in [-0.05, 0) is 59.9 Å². The molecular formula is C35H38N6O2. The Morgan fingerprint density at radius 1 is 0.884 bits per heavy atom. The second-order valence-electron chi connectivity index (χ2n) is 10.1. The molecule has 4 N–H and O–H groups in total. The Morgan fingerprint density at radius 3 is 2.30 bits per heavy atom. The SMILES string of the molecule is COc1ccc(CN(C(=N)CCc2ccccc2)C(=N)CNC(=O)Cc2cccnc2)cc1.Cc1c[nH]c2ccccc12. The number of nitrogens with zero attached hydrogens (tertiary/aromatic N) is 2. The van der Waals surface area contributed by atoms with Crippen molar-refractivity contribution in [2.75, 3.05) is 13.7 Å². The fourth-order valence-corrected chi connectivity index (χ4v) is 4.55. The van der Waals surface area contributed by atoms with E-state index >= 15 is 0 Å². The zero-order chi connectivity index (χ0) is 30.4. The Morgan fingerprint density at radius 2 is 1.60 bits per heavy atom. The molecular weight excluding hydrogens is 536 g/mol. The number of fused-ring (bicyclic) bond motifs is 1. The maximum Gasteiger partial charge on any atom is 0.224 e. The standard InChI is InChI=1S/C26H29N5O2.C9H9N/c1-33-23-12-9-21(10-13-23)19-31(24(27)14-11-20-6-3-2-4-7-20)25(28)18-30-26(32)16-22-8-5-15-29-17-22;1-7-6-10-9-5-3-2-4-8(7)9/h2-10,12-13,15,17,27-28H,11,14,16,18-19H2,1H3,(H,30,32);2-6,10H,1H3. The van der Waals surface area contributed by atoms with E-state index in [2.05, 4.69) is 40.4 Å². The summed E-state index contributed by atoms with van der Waals surface area (Å²) in [5, 5.41) is 21.4. The molecule has 0 fully saturated rings. The van der Waals surface area contributed by atoms with E-state index in [1.54, 1.807) is 30.5 Å². The minimum atomic E-state index is -0.187. The molecule has 0 unspecified atom stereocenters. The number of carbonyl (C=O) groups is 1. The van der Waals surface area contributed by atoms with Gasteiger partial charge in [-0.2, -0.15) is 0 Å². The van der Waals surface area contributed by atoms with Gasteiger partial charge in [-0.3, -0.25) is 20.6 Å². The van der Waals surface area contributed by atoms with Crippen molar-refractivity contribution in [3.05, 3.63) is 132 Å². The van der Waals surface area contributed by atoms with Gasteiger partial charge >= 0.3 is 0 Å². The average Bonchev–Trinajstić information content (AvgIpc) is 3.43. The third-order valence-electron chi connectivity index (χ3n) is 6.98. The molecule has 8 nitrogen and oxygen atoms in total. The second kappa shape index (κ2) is 15.7. The number of methoxy groups -OCH3 is 1. The van der Waals surface area contributed by atoms with Crippen LogP contribution in [-0.2, 0) is 24.2 Å². The van der Waals surface area contributed by atoms with Crippen LogP contribution in [0.2, 0.25) is 0 Å². The summed E-state index contributed by atoms with van der Waals surface area (Å²) in [5.41, 5.74) is 5.44. The molecule has 220 valence electrons. The molecule has 2 aromatic heterocycles. The van der Waals surface area contributed by atoms with Crippen LogP contribution in [0.5, 0.6) is 5.75 Å². The van der Waals surface area contributed by atoms with Gasteiger partial charge in [0.1, 0.15) is 17.4 Å². The first-order valence-corrected chi connectivity index (χ1v) is 14.2. The molecule has 0 bridgehead atoms. The van der Waals surface area contributed by atoms with Gasteiger partial charge in [-0.15, -0.1) is 0 Å². The summed E-state index contributed by atoms with van der Waals surface area (Å²) >= 11 is 0. The molecule has 0 aliphatic rings. The van der Waals surface area contributed by atoms with Gasteiger partial charge in [0.2, 0.25) is 5.91 Å². The van der Waals surface area contributed by atoms with Crippen LogP contribution in [-0.4, -0.2) is 46.1 Å². The van der Waals surface area contributed by atoms with Crippen LogP contribution in [0.4, 0.5) is 0 Å². The number of benzene rings is 3. The van der Waals surface area contributed by atoms with Gasteiger partial charge in [0, 0.05) is 35.9 Å². The quantitative estimate of drug-likeness (QED) is 0.115. The van der Waals surface area contributed by atoms with E-state index in [0.29, 0.717) is 25.2 Å². The first kappa shape index (κ1) is 30.7. The highest BCUT2D eigenvalue weighted by molar-refractivity contribution is 6.00. The summed E-state index contributed by atoms with van der Waals surface area (Å²) < 4.78 is 5.22. The third-order valence-corrected chi connectivity index (χ3v) is 6.98. The van der Waals surface area contributed by atoms with Crippen molar-refractivity contribution in [2.24, 2.45) is 0 Å². The summed E-state index contributed by atoms with van der Waals surface area (Å²) in [6, 6.07) is 29.5. The van der Waals surface area contributed by atoms with Crippen LogP contribution < -0.4 is 10.1 Å². The van der Waals surface area contributed by atoms with Crippen molar-refractivity contribution in [1.29, 1.82) is 10.8 Å². The zero-order valence-corrected chi connectivity index (χ0v) is 24.6. The third kappa shape index (κ3) is 9.39. The molecule has 2 heterocycles. The van der Waals surface area contributed by atoms with Gasteiger partial charge in [0.15, 0.2) is 0 Å². The van der Waals surface area contributed by atoms with Crippen molar-refractivity contribution >= 4 is 28.5 Å². The Hall–Kier alpha value is -5.24. The molecule has 8 heteroatoms. The number of hydrogen-bond acceptors (Lipinski definition) is 5. The molecule has 0 spiro atoms. The normalized spacial score (nSPS) is 10.4. The van der Waals surface area contributed by atoms with Crippen LogP contribution in [0.1, 0.15) is 28.7 Å². The number of para-hydroxylation sites is 1. The summed E-state index contributed by atoms with van der Waals surface area (Å²) in [6.45, 7) is 2.52. The summed E-state index contributed by atoms with van der Waals surface area (Å²) in [6.07, 6.45) is 6.75. The fourth-order valence-electron chi connectivity index (χ4n) is 4.55. The van der Waals surface area contributed by atoms with Crippen molar-refractivity contribution in [1.82, 2.24) is 20.2 Å². The van der Waals surface area contributed by atoms with Crippen LogP contribution in [0.25, 0.3) is 10.9 Å². The highest BCUT2D eigenvalue weighted by Gasteiger charge is 2.17. The molecule has 5 rings (SSSR count). The number of hydrogen-bond donors (Lipinski definition) is 4. The van der Waals surface area contributed by atoms with Gasteiger partial charge in [0.05, 0.1) is 26.6 Å². The Balaban J connectivity index is 0.000000353. The van der Waals surface area contributed by atoms with Gasteiger partial charge < -0.3 is 19.9 Å². The van der Waals surface area contributed by atoms with Crippen LogP contribution in [0.15, 0.2) is 110 Å². The number of ether oxygens (including phenoxy) is 1. The summed E-state index contributed by atoms with van der Waals surface area (Å²) in [4.78, 5) is 21.2. The van der Waals surface area contributed by atoms with Gasteiger partial charge in [-0.1, -0.05) is 66.7 Å². The first-order valence-electron chi connectivity index (χ1n) is 14.2. The number of amides is 1. The van der Waals surface area contributed by atoms with Crippen molar-refractivity contribution in [2.45, 2.75) is 32.7 Å². The number of amidine groups is 2. The lowest BCUT2D eigenvalue weighted by atomic mass is 10.1. The topological polar surface area (TPSA) is 118 Å². The fraction of sp³-hybridized carbons (Fsp3) is 0.200. The lowest BCUT2D eigenvalue weighted by Crippen LogP contribution is -2.42. The van der Waals surface area contributed by atoms with E-state index < -0.39 is 0 Å². The molecule has 0 aliphatic carbocycles. The highest BCUT2D eigenvalue weighted by Crippen LogP contribution is 2.16. The molecule has 0 radical (unpaired) electrons. The van der Waals surface area contributed by atoms with Crippen molar-refractivity contribution in [3.8, 4) is 5.75 Å². The number of aromatic amines is 1. The van der Waals surface area contributed by atoms with E-state index in [4.69, 9.17) is 15.6 Å². The number of aryl methyl sites for hydroxylation is 2. The number of carbonyl (C=O) groups excluding carboxylic acids is 1. The molecule has 0 saturated heterocycles. The maximum absolute atomic E-state index is 12.3. The molecule has 43 heavy (non-hydrogen) atoms. The van der Waals surface area contributed by atoms with Crippen molar-refractivity contribution in [3.63, 3.8) is 0 Å². The molecule has 0 atom stereocenters. The van der Waals surface area contributed by atoms with Crippen LogP contribution >= 0.6 is 0 Å². The number of nitrogens with one attached hydrogen (secondary N) is 4. The molecule has 5 aromatic rings. The molecule has 3 aromatic carbocycles. The minimum absolute atomic E-state index is 0.0446. The predicted molar refractivity (Wildman–Crippen MR) is 173 cm³/mol. The number of rotatable bonds is 10.